The van der Waals surface area contributed by atoms with Gasteiger partial charge in [0.2, 0.25) is 17.5 Å². The van der Waals surface area contributed by atoms with Gasteiger partial charge in [-0.15, -0.1) is 0 Å². The normalized spacial score (nSPS) is 11.7. The van der Waals surface area contributed by atoms with Crippen LogP contribution in [0.4, 0.5) is 13.2 Å². The van der Waals surface area contributed by atoms with Crippen molar-refractivity contribution in [1.82, 2.24) is 19.7 Å². The number of oxazole rings is 1. The summed E-state index contributed by atoms with van der Waals surface area (Å²) in [5, 5.41) is 4.00. The Morgan fingerprint density at radius 3 is 2.20 bits per heavy atom. The number of rotatable bonds is 7. The molecule has 3 aromatic heterocycles. The second-order valence-electron chi connectivity index (χ2n) is 7.64. The van der Waals surface area contributed by atoms with Crippen LogP contribution >= 0.6 is 0 Å². The van der Waals surface area contributed by atoms with Crippen molar-refractivity contribution in [1.29, 1.82) is 0 Å². The molecule has 0 N–H and O–H groups in total. The molecule has 4 rings (SSSR count). The molecule has 0 aliphatic carbocycles. The number of ether oxygens (including phenoxy) is 4. The third kappa shape index (κ3) is 4.43. The molecule has 1 aromatic carbocycles. The maximum absolute atomic E-state index is 13.7. The molecule has 0 bridgehead atoms. The molecule has 0 atom stereocenters. The summed E-state index contributed by atoms with van der Waals surface area (Å²) in [5.74, 6) is 1.73. The Morgan fingerprint density at radius 1 is 0.971 bits per heavy atom. The standard InChI is InChI=1S/C23H23F3N4O5/c1-11-19-14(23(24,25)26)9-18(28-21(19)30(3)29-11)34-10-15-12(2)35-22(27-15)13-7-16(31-4)20(33-6)17(8-13)32-5/h7-9H,10H2,1-6H3. The van der Waals surface area contributed by atoms with Gasteiger partial charge in [0.05, 0.1) is 38.0 Å². The molecule has 0 saturated heterocycles. The average molecular weight is 492 g/mol. The van der Waals surface area contributed by atoms with Crippen molar-refractivity contribution in [3.8, 4) is 34.6 Å². The summed E-state index contributed by atoms with van der Waals surface area (Å²) in [6.07, 6.45) is -4.60. The number of pyridine rings is 1. The molecule has 0 aliphatic rings. The summed E-state index contributed by atoms with van der Waals surface area (Å²) < 4.78 is 69.8. The molecule has 186 valence electrons. The number of fused-ring (bicyclic) bond motifs is 1. The Hall–Kier alpha value is -3.96. The van der Waals surface area contributed by atoms with Gasteiger partial charge in [-0.3, -0.25) is 4.68 Å². The number of alkyl halides is 3. The molecule has 0 fully saturated rings. The molecule has 0 radical (unpaired) electrons. The van der Waals surface area contributed by atoms with E-state index in [1.54, 1.807) is 19.1 Å². The largest absolute Gasteiger partial charge is 0.493 e. The Kier molecular flexibility index (Phi) is 6.22. The maximum Gasteiger partial charge on any atom is 0.417 e. The molecule has 0 spiro atoms. The van der Waals surface area contributed by atoms with Crippen molar-refractivity contribution >= 4 is 11.0 Å². The molecule has 0 amide bonds. The second-order valence-corrected chi connectivity index (χ2v) is 7.64. The summed E-state index contributed by atoms with van der Waals surface area (Å²) in [6, 6.07) is 4.22. The predicted molar refractivity (Wildman–Crippen MR) is 119 cm³/mol. The zero-order valence-corrected chi connectivity index (χ0v) is 19.9. The van der Waals surface area contributed by atoms with E-state index in [1.165, 1.54) is 40.0 Å². The SMILES string of the molecule is COc1cc(-c2nc(COc3cc(C(F)(F)F)c4c(C)nn(C)c4n3)c(C)o2)cc(OC)c1OC. The van der Waals surface area contributed by atoms with Gasteiger partial charge >= 0.3 is 6.18 Å². The Labute approximate surface area is 198 Å². The van der Waals surface area contributed by atoms with Crippen LogP contribution in [0.2, 0.25) is 0 Å². The summed E-state index contributed by atoms with van der Waals surface area (Å²) in [5.41, 5.74) is 0.389. The van der Waals surface area contributed by atoms with Crippen LogP contribution in [0, 0.1) is 13.8 Å². The van der Waals surface area contributed by atoms with Crippen LogP contribution in [0.5, 0.6) is 23.1 Å². The Balaban J connectivity index is 1.66. The van der Waals surface area contributed by atoms with Crippen molar-refractivity contribution in [2.75, 3.05) is 21.3 Å². The van der Waals surface area contributed by atoms with E-state index in [9.17, 15) is 13.2 Å². The molecular formula is C23H23F3N4O5. The lowest BCUT2D eigenvalue weighted by Crippen LogP contribution is -2.09. The molecule has 3 heterocycles. The minimum Gasteiger partial charge on any atom is -0.493 e. The quantitative estimate of drug-likeness (QED) is 0.361. The van der Waals surface area contributed by atoms with Crippen LogP contribution in [0.1, 0.15) is 22.7 Å². The highest BCUT2D eigenvalue weighted by Crippen LogP contribution is 2.41. The number of aryl methyl sites for hydroxylation is 3. The monoisotopic (exact) mass is 492 g/mol. The number of nitrogens with zero attached hydrogens (tertiary/aromatic N) is 4. The summed E-state index contributed by atoms with van der Waals surface area (Å²) in [7, 11) is 6.00. The number of benzene rings is 1. The fraction of sp³-hybridized carbons (Fsp3) is 0.348. The molecule has 12 heteroatoms. The Bertz CT molecular complexity index is 1370. The third-order valence-electron chi connectivity index (χ3n) is 5.41. The van der Waals surface area contributed by atoms with Crippen molar-refractivity contribution < 1.29 is 36.5 Å². The first-order valence-corrected chi connectivity index (χ1v) is 10.4. The van der Waals surface area contributed by atoms with Crippen LogP contribution in [0.3, 0.4) is 0 Å². The van der Waals surface area contributed by atoms with Gasteiger partial charge in [0.25, 0.3) is 0 Å². The summed E-state index contributed by atoms with van der Waals surface area (Å²) in [4.78, 5) is 8.66. The van der Waals surface area contributed by atoms with Crippen molar-refractivity contribution in [3.05, 3.63) is 40.9 Å². The first-order valence-electron chi connectivity index (χ1n) is 10.4. The van der Waals surface area contributed by atoms with E-state index in [2.05, 4.69) is 15.1 Å². The average Bonchev–Trinajstić information content (AvgIpc) is 3.33. The first-order chi connectivity index (χ1) is 16.6. The fourth-order valence-corrected chi connectivity index (χ4v) is 3.75. The van der Waals surface area contributed by atoms with E-state index < -0.39 is 11.7 Å². The van der Waals surface area contributed by atoms with Crippen LogP contribution in [-0.4, -0.2) is 41.1 Å². The molecular weight excluding hydrogens is 469 g/mol. The van der Waals surface area contributed by atoms with Gasteiger partial charge in [-0.05, 0) is 26.0 Å². The first kappa shape index (κ1) is 24.2. The van der Waals surface area contributed by atoms with Gasteiger partial charge in [0, 0.05) is 18.7 Å². The van der Waals surface area contributed by atoms with Gasteiger partial charge in [-0.2, -0.15) is 23.3 Å². The summed E-state index contributed by atoms with van der Waals surface area (Å²) in [6.45, 7) is 3.02. The van der Waals surface area contributed by atoms with Crippen molar-refractivity contribution in [3.63, 3.8) is 0 Å². The molecule has 35 heavy (non-hydrogen) atoms. The predicted octanol–water partition coefficient (Wildman–Crippen LogP) is 4.86. The minimum atomic E-state index is -4.60. The molecule has 0 unspecified atom stereocenters. The number of hydrogen-bond donors (Lipinski definition) is 0. The van der Waals surface area contributed by atoms with Gasteiger partial charge < -0.3 is 23.4 Å². The van der Waals surface area contributed by atoms with E-state index in [4.69, 9.17) is 23.4 Å². The highest BCUT2D eigenvalue weighted by atomic mass is 19.4. The van der Waals surface area contributed by atoms with E-state index >= 15 is 0 Å². The zero-order chi connectivity index (χ0) is 25.5. The van der Waals surface area contributed by atoms with E-state index in [0.29, 0.717) is 34.3 Å². The molecule has 0 aliphatic heterocycles. The minimum absolute atomic E-state index is 0.0605. The maximum atomic E-state index is 13.7. The van der Waals surface area contributed by atoms with Gasteiger partial charge in [-0.1, -0.05) is 0 Å². The lowest BCUT2D eigenvalue weighted by Gasteiger charge is -2.12. The molecule has 4 aromatic rings. The van der Waals surface area contributed by atoms with Crippen LogP contribution in [0.15, 0.2) is 22.6 Å². The van der Waals surface area contributed by atoms with Crippen molar-refractivity contribution in [2.24, 2.45) is 7.05 Å². The molecule has 0 saturated carbocycles. The Morgan fingerprint density at radius 2 is 1.63 bits per heavy atom. The van der Waals surface area contributed by atoms with Crippen molar-refractivity contribution in [2.45, 2.75) is 26.6 Å². The number of halogens is 3. The summed E-state index contributed by atoms with van der Waals surface area (Å²) >= 11 is 0. The third-order valence-corrected chi connectivity index (χ3v) is 5.41. The lowest BCUT2D eigenvalue weighted by atomic mass is 10.1. The highest BCUT2D eigenvalue weighted by molar-refractivity contribution is 5.83. The van der Waals surface area contributed by atoms with E-state index in [1.807, 2.05) is 0 Å². The van der Waals surface area contributed by atoms with Crippen LogP contribution < -0.4 is 18.9 Å². The zero-order valence-electron chi connectivity index (χ0n) is 19.9. The number of aromatic nitrogens is 4. The van der Waals surface area contributed by atoms with Crippen LogP contribution in [0.25, 0.3) is 22.5 Å². The van der Waals surface area contributed by atoms with E-state index in [-0.39, 0.29) is 35.1 Å². The van der Waals surface area contributed by atoms with Gasteiger partial charge in [-0.25, -0.2) is 4.98 Å². The van der Waals surface area contributed by atoms with Gasteiger partial charge in [0.15, 0.2) is 17.1 Å². The van der Waals surface area contributed by atoms with Crippen LogP contribution in [-0.2, 0) is 19.8 Å². The fourth-order valence-electron chi connectivity index (χ4n) is 3.75. The number of hydrogen-bond acceptors (Lipinski definition) is 8. The molecule has 9 nitrogen and oxygen atoms in total. The lowest BCUT2D eigenvalue weighted by molar-refractivity contribution is -0.136. The topological polar surface area (TPSA) is 93.7 Å². The second kappa shape index (κ2) is 9.01. The van der Waals surface area contributed by atoms with E-state index in [0.717, 1.165) is 6.07 Å². The number of methoxy groups -OCH3 is 3. The highest BCUT2D eigenvalue weighted by Gasteiger charge is 2.35. The smallest absolute Gasteiger partial charge is 0.417 e. The van der Waals surface area contributed by atoms with Gasteiger partial charge in [0.1, 0.15) is 18.1 Å².